The van der Waals surface area contributed by atoms with E-state index >= 15 is 0 Å². The van der Waals surface area contributed by atoms with Gasteiger partial charge in [-0.1, -0.05) is 41.5 Å². The van der Waals surface area contributed by atoms with Crippen molar-refractivity contribution in [3.8, 4) is 0 Å². The first-order chi connectivity index (χ1) is 16.3. The second-order valence-corrected chi connectivity index (χ2v) is 20.1. The third-order valence-electron chi connectivity index (χ3n) is 17.7. The van der Waals surface area contributed by atoms with Crippen LogP contribution in [0.15, 0.2) is 0 Å². The number of hydrogen-bond donors (Lipinski definition) is 0. The Morgan fingerprint density at radius 3 is 1.69 bits per heavy atom. The van der Waals surface area contributed by atoms with Gasteiger partial charge in [-0.3, -0.25) is 0 Å². The minimum atomic E-state index is 0.676. The Labute approximate surface area is 215 Å². The van der Waals surface area contributed by atoms with Gasteiger partial charge in [0, 0.05) is 0 Å². The van der Waals surface area contributed by atoms with Gasteiger partial charge in [0.1, 0.15) is 0 Å². The van der Waals surface area contributed by atoms with Gasteiger partial charge in [0.25, 0.3) is 0 Å². The molecule has 12 atom stereocenters. The van der Waals surface area contributed by atoms with Gasteiger partial charge < -0.3 is 0 Å². The van der Waals surface area contributed by atoms with E-state index < -0.39 is 0 Å². The summed E-state index contributed by atoms with van der Waals surface area (Å²) in [5, 5.41) is 0. The van der Waals surface area contributed by atoms with Crippen LogP contribution < -0.4 is 0 Å². The summed E-state index contributed by atoms with van der Waals surface area (Å²) in [5.41, 5.74) is 5.61. The summed E-state index contributed by atoms with van der Waals surface area (Å²) in [6, 6.07) is 0. The molecule has 14 aliphatic carbocycles. The molecule has 14 saturated carbocycles. The van der Waals surface area contributed by atoms with Gasteiger partial charge in [-0.05, 0) is 174 Å². The number of hydrogen-bond acceptors (Lipinski definition) is 0. The lowest BCUT2D eigenvalue weighted by molar-refractivity contribution is -0.373. The highest BCUT2D eigenvalue weighted by molar-refractivity contribution is 5.31. The monoisotopic (exact) mass is 472 g/mol. The van der Waals surface area contributed by atoms with Gasteiger partial charge >= 0.3 is 0 Å². The summed E-state index contributed by atoms with van der Waals surface area (Å²) in [6.07, 6.45) is 21.1. The van der Waals surface area contributed by atoms with Gasteiger partial charge in [-0.15, -0.1) is 0 Å². The molecular weight excluding hydrogens is 420 g/mol. The molecule has 16 bridgehead atoms. The van der Waals surface area contributed by atoms with Crippen LogP contribution >= 0.6 is 0 Å². The van der Waals surface area contributed by atoms with Gasteiger partial charge in [-0.25, -0.2) is 0 Å². The molecule has 0 radical (unpaired) electrons. The van der Waals surface area contributed by atoms with E-state index in [9.17, 15) is 0 Å². The summed E-state index contributed by atoms with van der Waals surface area (Å²) in [4.78, 5) is 0. The smallest absolute Gasteiger partial charge is 0.0222 e. The van der Waals surface area contributed by atoms with Crippen molar-refractivity contribution < 1.29 is 0 Å². The Hall–Kier alpha value is 0. The van der Waals surface area contributed by atoms with Crippen LogP contribution in [0.3, 0.4) is 0 Å². The molecule has 14 aliphatic rings. The zero-order valence-corrected chi connectivity index (χ0v) is 23.8. The summed E-state index contributed by atoms with van der Waals surface area (Å²) >= 11 is 0. The second-order valence-electron chi connectivity index (χ2n) is 20.1. The average Bonchev–Trinajstić information content (AvgIpc) is 2.73. The number of rotatable bonds is 2. The molecular formula is C35H52. The Morgan fingerprint density at radius 1 is 0.429 bits per heavy atom. The van der Waals surface area contributed by atoms with Crippen molar-refractivity contribution in [2.45, 2.75) is 125 Å². The SMILES string of the molecule is CC12CC3C4CC5(C)CC3(C)C(C1)C(CC13CC6(C)CC7C1CC1(C)CC3C(C6)C7(C)C1)(C5)C4C2. The zero-order chi connectivity index (χ0) is 23.8. The maximum Gasteiger partial charge on any atom is -0.0222 e. The van der Waals surface area contributed by atoms with Crippen molar-refractivity contribution in [2.75, 3.05) is 0 Å². The van der Waals surface area contributed by atoms with Crippen LogP contribution in [0.2, 0.25) is 0 Å². The summed E-state index contributed by atoms with van der Waals surface area (Å²) < 4.78 is 0. The lowest BCUT2D eigenvalue weighted by Crippen LogP contribution is -2.79. The maximum absolute atomic E-state index is 2.86. The highest BCUT2D eigenvalue weighted by Crippen LogP contribution is 2.90. The Kier molecular flexibility index (Phi) is 3.06. The first-order valence-corrected chi connectivity index (χ1v) is 16.3. The molecule has 0 saturated heterocycles. The molecule has 0 aromatic heterocycles. The first-order valence-electron chi connectivity index (χ1n) is 16.3. The van der Waals surface area contributed by atoms with Gasteiger partial charge in [-0.2, -0.15) is 0 Å². The normalized spacial score (nSPS) is 77.7. The molecule has 0 heterocycles. The lowest BCUT2D eigenvalue weighted by Gasteiger charge is -2.86. The molecule has 0 N–H and O–H groups in total. The van der Waals surface area contributed by atoms with Crippen LogP contribution in [0.4, 0.5) is 0 Å². The van der Waals surface area contributed by atoms with Crippen molar-refractivity contribution in [2.24, 2.45) is 90.7 Å². The topological polar surface area (TPSA) is 0 Å². The summed E-state index contributed by atoms with van der Waals surface area (Å²) in [6.45, 7) is 16.8. The van der Waals surface area contributed by atoms with E-state index in [1.807, 2.05) is 0 Å². The van der Waals surface area contributed by atoms with Crippen molar-refractivity contribution in [1.29, 1.82) is 0 Å². The highest BCUT2D eigenvalue weighted by atomic mass is 14.9. The van der Waals surface area contributed by atoms with Gasteiger partial charge in [0.05, 0.1) is 0 Å². The third kappa shape index (κ3) is 1.94. The molecule has 0 aliphatic heterocycles. The summed E-state index contributed by atoms with van der Waals surface area (Å²) in [5.74, 6) is 8.71. The molecule has 0 heteroatoms. The van der Waals surface area contributed by atoms with Crippen LogP contribution in [0.25, 0.3) is 0 Å². The van der Waals surface area contributed by atoms with Crippen molar-refractivity contribution in [3.05, 3.63) is 0 Å². The largest absolute Gasteiger partial charge is 0.0596 e. The van der Waals surface area contributed by atoms with E-state index in [0.29, 0.717) is 32.5 Å². The molecule has 192 valence electrons. The van der Waals surface area contributed by atoms with Crippen LogP contribution in [0.5, 0.6) is 0 Å². The first kappa shape index (κ1) is 20.9. The molecule has 0 amide bonds. The molecule has 0 nitrogen and oxygen atoms in total. The van der Waals surface area contributed by atoms with Crippen LogP contribution in [0, 0.1) is 90.7 Å². The molecule has 35 heavy (non-hydrogen) atoms. The van der Waals surface area contributed by atoms with Crippen LogP contribution in [-0.4, -0.2) is 0 Å². The predicted octanol–water partition coefficient (Wildman–Crippen LogP) is 9.13. The highest BCUT2D eigenvalue weighted by Gasteiger charge is 2.82. The fraction of sp³-hybridized carbons (Fsp3) is 1.00. The van der Waals surface area contributed by atoms with E-state index in [-0.39, 0.29) is 0 Å². The van der Waals surface area contributed by atoms with E-state index in [0.717, 1.165) is 58.2 Å². The summed E-state index contributed by atoms with van der Waals surface area (Å²) in [7, 11) is 0. The van der Waals surface area contributed by atoms with Crippen molar-refractivity contribution in [3.63, 3.8) is 0 Å². The minimum Gasteiger partial charge on any atom is -0.0596 e. The maximum atomic E-state index is 2.86. The second kappa shape index (κ2) is 5.12. The Bertz CT molecular complexity index is 1060. The van der Waals surface area contributed by atoms with E-state index in [4.69, 9.17) is 0 Å². The molecule has 0 aromatic rings. The quantitative estimate of drug-likeness (QED) is 0.376. The molecule has 0 spiro atoms. The zero-order valence-electron chi connectivity index (χ0n) is 23.8. The molecule has 14 fully saturated rings. The molecule has 0 aromatic carbocycles. The standard InChI is InChI=1S/C35H52/c1-28-8-21-20-7-31(4)16-33(21,6)27(14-28)35(18-31,22(20)9-28)19-34-17-30(3)10-23-25(34)12-29(2)13-26(34)24(11-30)32(23,5)15-29/h20-27H,7-19H2,1-6H3. The van der Waals surface area contributed by atoms with Gasteiger partial charge in [0.15, 0.2) is 0 Å². The Balaban J connectivity index is 1.17. The minimum absolute atomic E-state index is 0.676. The van der Waals surface area contributed by atoms with E-state index in [1.165, 1.54) is 0 Å². The third-order valence-corrected chi connectivity index (χ3v) is 17.7. The van der Waals surface area contributed by atoms with Crippen LogP contribution in [0.1, 0.15) is 125 Å². The van der Waals surface area contributed by atoms with E-state index in [1.54, 1.807) is 83.5 Å². The fourth-order valence-electron chi connectivity index (χ4n) is 18.4. The molecule has 14 rings (SSSR count). The predicted molar refractivity (Wildman–Crippen MR) is 141 cm³/mol. The van der Waals surface area contributed by atoms with Crippen molar-refractivity contribution >= 4 is 0 Å². The fourth-order valence-corrected chi connectivity index (χ4v) is 18.4. The Morgan fingerprint density at radius 2 is 0.971 bits per heavy atom. The van der Waals surface area contributed by atoms with E-state index in [2.05, 4.69) is 41.5 Å². The average molecular weight is 473 g/mol. The van der Waals surface area contributed by atoms with Gasteiger partial charge in [0.2, 0.25) is 0 Å². The van der Waals surface area contributed by atoms with Crippen LogP contribution in [-0.2, 0) is 0 Å². The lowest BCUT2D eigenvalue weighted by atomic mass is 9.18. The van der Waals surface area contributed by atoms with Crippen molar-refractivity contribution in [1.82, 2.24) is 0 Å². The molecule has 12 unspecified atom stereocenters.